The molecule has 128 valence electrons. The molecular formula is C16H17ClN2O4S. The van der Waals surface area contributed by atoms with Gasteiger partial charge in [0.05, 0.1) is 5.52 Å². The van der Waals surface area contributed by atoms with E-state index in [0.717, 1.165) is 16.9 Å². The quantitative estimate of drug-likeness (QED) is 0.844. The van der Waals surface area contributed by atoms with E-state index in [1.54, 1.807) is 29.0 Å². The van der Waals surface area contributed by atoms with E-state index in [-0.39, 0.29) is 6.54 Å². The van der Waals surface area contributed by atoms with Crippen molar-refractivity contribution in [1.29, 1.82) is 0 Å². The van der Waals surface area contributed by atoms with Crippen molar-refractivity contribution in [2.75, 3.05) is 24.6 Å². The predicted octanol–water partition coefficient (Wildman–Crippen LogP) is 2.55. The van der Waals surface area contributed by atoms with Gasteiger partial charge in [-0.15, -0.1) is 0 Å². The highest BCUT2D eigenvalue weighted by molar-refractivity contribution is 7.99. The van der Waals surface area contributed by atoms with Gasteiger partial charge >= 0.3 is 11.9 Å². The van der Waals surface area contributed by atoms with Crippen molar-refractivity contribution in [3.8, 4) is 0 Å². The van der Waals surface area contributed by atoms with Crippen molar-refractivity contribution < 1.29 is 19.8 Å². The molecule has 1 saturated heterocycles. The van der Waals surface area contributed by atoms with Crippen LogP contribution < -0.4 is 0 Å². The molecule has 2 aromatic rings. The molecule has 0 bridgehead atoms. The van der Waals surface area contributed by atoms with Gasteiger partial charge in [-0.2, -0.15) is 11.8 Å². The maximum absolute atomic E-state index is 11.9. The molecule has 0 radical (unpaired) electrons. The molecule has 1 aliphatic heterocycles. The van der Waals surface area contributed by atoms with Crippen LogP contribution in [0.2, 0.25) is 5.02 Å². The van der Waals surface area contributed by atoms with E-state index >= 15 is 0 Å². The average Bonchev–Trinajstić information content (AvgIpc) is 2.85. The van der Waals surface area contributed by atoms with Crippen molar-refractivity contribution >= 4 is 46.2 Å². The number of halogens is 1. The van der Waals surface area contributed by atoms with Crippen LogP contribution in [0, 0.1) is 0 Å². The minimum Gasteiger partial charge on any atom is -0.480 e. The van der Waals surface area contributed by atoms with E-state index in [1.807, 2.05) is 16.7 Å². The van der Waals surface area contributed by atoms with Gasteiger partial charge in [-0.05, 0) is 12.1 Å². The Kier molecular flexibility index (Phi) is 5.03. The average molecular weight is 369 g/mol. The topological polar surface area (TPSA) is 82.8 Å². The molecule has 0 saturated carbocycles. The standard InChI is InChI=1S/C16H17ClN2O4S/c17-10-1-2-11-12(8-19(9-14(20)21)13(11)7-10)15(16(22)23)18-3-5-24-6-4-18/h1-2,7-8,15H,3-6,9H2,(H,20,21)(H,22,23)/t15-/m1/s1. The van der Waals surface area contributed by atoms with Gasteiger partial charge in [0, 0.05) is 46.8 Å². The number of hydrogen-bond donors (Lipinski definition) is 2. The van der Waals surface area contributed by atoms with Gasteiger partial charge in [-0.3, -0.25) is 14.5 Å². The molecule has 24 heavy (non-hydrogen) atoms. The molecule has 2 heterocycles. The second kappa shape index (κ2) is 7.04. The number of aliphatic carboxylic acids is 2. The lowest BCUT2D eigenvalue weighted by Gasteiger charge is -2.31. The molecule has 0 aliphatic carbocycles. The van der Waals surface area contributed by atoms with Crippen molar-refractivity contribution in [3.63, 3.8) is 0 Å². The summed E-state index contributed by atoms with van der Waals surface area (Å²) in [6.07, 6.45) is 1.63. The normalized spacial score (nSPS) is 17.0. The zero-order chi connectivity index (χ0) is 17.3. The van der Waals surface area contributed by atoms with Crippen LogP contribution in [0.1, 0.15) is 11.6 Å². The number of carbonyl (C=O) groups is 2. The van der Waals surface area contributed by atoms with Gasteiger partial charge in [-0.1, -0.05) is 17.7 Å². The Morgan fingerprint density at radius 2 is 1.96 bits per heavy atom. The summed E-state index contributed by atoms with van der Waals surface area (Å²) >= 11 is 7.84. The lowest BCUT2D eigenvalue weighted by Crippen LogP contribution is -2.39. The van der Waals surface area contributed by atoms with Gasteiger partial charge in [0.15, 0.2) is 0 Å². The molecule has 8 heteroatoms. The largest absolute Gasteiger partial charge is 0.480 e. The summed E-state index contributed by atoms with van der Waals surface area (Å²) in [4.78, 5) is 25.0. The van der Waals surface area contributed by atoms with E-state index in [1.165, 1.54) is 0 Å². The number of hydrogen-bond acceptors (Lipinski definition) is 4. The molecule has 1 aliphatic rings. The van der Waals surface area contributed by atoms with Crippen LogP contribution in [0.15, 0.2) is 24.4 Å². The molecule has 0 amide bonds. The molecule has 2 N–H and O–H groups in total. The number of thioether (sulfide) groups is 1. The van der Waals surface area contributed by atoms with E-state index in [2.05, 4.69) is 0 Å². The maximum Gasteiger partial charge on any atom is 0.325 e. The van der Waals surface area contributed by atoms with Crippen LogP contribution in [0.4, 0.5) is 0 Å². The zero-order valence-corrected chi connectivity index (χ0v) is 14.4. The molecule has 6 nitrogen and oxygen atoms in total. The minimum atomic E-state index is -0.986. The summed E-state index contributed by atoms with van der Waals surface area (Å²) < 4.78 is 1.55. The second-order valence-corrected chi connectivity index (χ2v) is 7.32. The van der Waals surface area contributed by atoms with Crippen molar-refractivity contribution in [1.82, 2.24) is 9.47 Å². The summed E-state index contributed by atoms with van der Waals surface area (Å²) in [5.74, 6) is -0.127. The monoisotopic (exact) mass is 368 g/mol. The van der Waals surface area contributed by atoms with Gasteiger partial charge in [0.25, 0.3) is 0 Å². The first-order valence-electron chi connectivity index (χ1n) is 7.52. The van der Waals surface area contributed by atoms with Crippen molar-refractivity contribution in [3.05, 3.63) is 35.0 Å². The van der Waals surface area contributed by atoms with E-state index in [0.29, 0.717) is 29.2 Å². The van der Waals surface area contributed by atoms with Crippen LogP contribution >= 0.6 is 23.4 Å². The van der Waals surface area contributed by atoms with Gasteiger partial charge in [0.2, 0.25) is 0 Å². The van der Waals surface area contributed by atoms with Gasteiger partial charge in [0.1, 0.15) is 12.6 Å². The van der Waals surface area contributed by atoms with Crippen molar-refractivity contribution in [2.24, 2.45) is 0 Å². The Bertz CT molecular complexity index is 786. The summed E-state index contributed by atoms with van der Waals surface area (Å²) in [6.45, 7) is 1.15. The summed E-state index contributed by atoms with van der Waals surface area (Å²) in [5, 5.41) is 20.1. The summed E-state index contributed by atoms with van der Waals surface area (Å²) in [6, 6.07) is 4.35. The van der Waals surface area contributed by atoms with Crippen LogP contribution in [0.5, 0.6) is 0 Å². The highest BCUT2D eigenvalue weighted by Gasteiger charge is 2.31. The summed E-state index contributed by atoms with van der Waals surface area (Å²) in [5.41, 5.74) is 1.25. The molecule has 0 unspecified atom stereocenters. The fourth-order valence-corrected chi connectivity index (χ4v) is 4.21. The number of carboxylic acids is 2. The third kappa shape index (κ3) is 3.38. The Morgan fingerprint density at radius 3 is 2.58 bits per heavy atom. The number of rotatable bonds is 5. The zero-order valence-electron chi connectivity index (χ0n) is 12.8. The van der Waals surface area contributed by atoms with E-state index in [9.17, 15) is 14.7 Å². The molecule has 3 rings (SSSR count). The highest BCUT2D eigenvalue weighted by atomic mass is 35.5. The van der Waals surface area contributed by atoms with E-state index < -0.39 is 18.0 Å². The molecule has 1 aromatic heterocycles. The van der Waals surface area contributed by atoms with Crippen molar-refractivity contribution in [2.45, 2.75) is 12.6 Å². The number of carboxylic acid groups (broad SMARTS) is 2. The fourth-order valence-electron chi connectivity index (χ4n) is 3.11. The molecular weight excluding hydrogens is 352 g/mol. The Labute approximate surface area is 148 Å². The molecule has 1 atom stereocenters. The molecule has 1 fully saturated rings. The van der Waals surface area contributed by atoms with Crippen LogP contribution in [-0.2, 0) is 16.1 Å². The lowest BCUT2D eigenvalue weighted by atomic mass is 10.0. The SMILES string of the molecule is O=C(O)Cn1cc([C@H](C(=O)O)N2CCSCC2)c2ccc(Cl)cc21. The van der Waals surface area contributed by atoms with Gasteiger partial charge in [-0.25, -0.2) is 0 Å². The Balaban J connectivity index is 2.12. The number of nitrogens with zero attached hydrogens (tertiary/aromatic N) is 2. The third-order valence-electron chi connectivity index (χ3n) is 4.12. The predicted molar refractivity (Wildman–Crippen MR) is 93.9 cm³/mol. The molecule has 1 aromatic carbocycles. The van der Waals surface area contributed by atoms with Crippen LogP contribution in [0.3, 0.4) is 0 Å². The smallest absolute Gasteiger partial charge is 0.325 e. The Morgan fingerprint density at radius 1 is 1.25 bits per heavy atom. The lowest BCUT2D eigenvalue weighted by molar-refractivity contribution is -0.143. The second-order valence-electron chi connectivity index (χ2n) is 5.66. The number of fused-ring (bicyclic) bond motifs is 1. The number of aromatic nitrogens is 1. The van der Waals surface area contributed by atoms with Gasteiger partial charge < -0.3 is 14.8 Å². The van der Waals surface area contributed by atoms with Crippen LogP contribution in [0.25, 0.3) is 10.9 Å². The fraction of sp³-hybridized carbons (Fsp3) is 0.375. The highest BCUT2D eigenvalue weighted by Crippen LogP contribution is 2.33. The molecule has 0 spiro atoms. The maximum atomic E-state index is 11.9. The van der Waals surface area contributed by atoms with E-state index in [4.69, 9.17) is 16.7 Å². The Hall–Kier alpha value is -1.70. The van der Waals surface area contributed by atoms with Crippen LogP contribution in [-0.4, -0.2) is 56.2 Å². The number of benzene rings is 1. The summed E-state index contributed by atoms with van der Waals surface area (Å²) in [7, 11) is 0. The minimum absolute atomic E-state index is 0.237. The first-order valence-corrected chi connectivity index (χ1v) is 9.05. The first-order chi connectivity index (χ1) is 11.5. The third-order valence-corrected chi connectivity index (χ3v) is 5.30. The first kappa shape index (κ1) is 17.1.